The van der Waals surface area contributed by atoms with Crippen LogP contribution < -0.4 is 4.74 Å². The van der Waals surface area contributed by atoms with Crippen molar-refractivity contribution >= 4 is 27.3 Å². The first kappa shape index (κ1) is 19.9. The Balaban J connectivity index is 1.44. The van der Waals surface area contributed by atoms with Gasteiger partial charge >= 0.3 is 0 Å². The quantitative estimate of drug-likeness (QED) is 0.647. The summed E-state index contributed by atoms with van der Waals surface area (Å²) in [6.45, 7) is 2.20. The lowest BCUT2D eigenvalue weighted by Crippen LogP contribution is -2.40. The van der Waals surface area contributed by atoms with Gasteiger partial charge in [-0.3, -0.25) is 9.69 Å². The Hall–Kier alpha value is -2.41. The van der Waals surface area contributed by atoms with E-state index in [1.807, 2.05) is 61.0 Å². The van der Waals surface area contributed by atoms with Crippen LogP contribution in [0.1, 0.15) is 18.0 Å². The standard InChI is InChI=1S/C23H26N2O3S/c1-24(23(27)16-28-20-8-7-18-10-12-29-22(18)13-20)21(17-5-3-2-4-6-17)15-25-11-9-19(26)14-25/h2-8,10,12-13,19,21,26H,9,11,14-16H2,1H3/t19-,21+/m0/s1. The molecule has 2 atom stereocenters. The van der Waals surface area contributed by atoms with Crippen molar-refractivity contribution in [3.63, 3.8) is 0 Å². The zero-order chi connectivity index (χ0) is 20.2. The Morgan fingerprint density at radius 2 is 2.10 bits per heavy atom. The molecular weight excluding hydrogens is 384 g/mol. The van der Waals surface area contributed by atoms with Crippen LogP contribution in [0.15, 0.2) is 60.0 Å². The highest BCUT2D eigenvalue weighted by molar-refractivity contribution is 7.17. The number of nitrogens with zero attached hydrogens (tertiary/aromatic N) is 2. The molecule has 0 spiro atoms. The highest BCUT2D eigenvalue weighted by Gasteiger charge is 2.28. The molecule has 152 valence electrons. The van der Waals surface area contributed by atoms with E-state index in [9.17, 15) is 9.90 Å². The van der Waals surface area contributed by atoms with E-state index in [1.54, 1.807) is 16.2 Å². The molecule has 3 aromatic rings. The van der Waals surface area contributed by atoms with Gasteiger partial charge in [-0.25, -0.2) is 0 Å². The van der Waals surface area contributed by atoms with Crippen LogP contribution in [-0.2, 0) is 4.79 Å². The molecule has 0 aliphatic carbocycles. The lowest BCUT2D eigenvalue weighted by Gasteiger charge is -2.32. The molecular formula is C23H26N2O3S. The van der Waals surface area contributed by atoms with Crippen molar-refractivity contribution in [2.75, 3.05) is 33.3 Å². The van der Waals surface area contributed by atoms with Crippen LogP contribution in [0.4, 0.5) is 0 Å². The number of carbonyl (C=O) groups excluding carboxylic acids is 1. The summed E-state index contributed by atoms with van der Waals surface area (Å²) in [6, 6.07) is 17.9. The molecule has 6 heteroatoms. The average Bonchev–Trinajstić information content (AvgIpc) is 3.38. The molecule has 0 saturated carbocycles. The van der Waals surface area contributed by atoms with Crippen molar-refractivity contribution in [1.82, 2.24) is 9.80 Å². The van der Waals surface area contributed by atoms with Gasteiger partial charge in [0.1, 0.15) is 5.75 Å². The third-order valence-corrected chi connectivity index (χ3v) is 6.39. The van der Waals surface area contributed by atoms with Gasteiger partial charge in [-0.05, 0) is 47.0 Å². The van der Waals surface area contributed by atoms with Gasteiger partial charge in [-0.15, -0.1) is 11.3 Å². The van der Waals surface area contributed by atoms with Gasteiger partial charge in [-0.2, -0.15) is 0 Å². The van der Waals surface area contributed by atoms with Crippen LogP contribution in [0.25, 0.3) is 10.1 Å². The van der Waals surface area contributed by atoms with Crippen molar-refractivity contribution < 1.29 is 14.6 Å². The smallest absolute Gasteiger partial charge is 0.260 e. The molecule has 1 N–H and O–H groups in total. The lowest BCUT2D eigenvalue weighted by molar-refractivity contribution is -0.134. The Bertz CT molecular complexity index is 959. The summed E-state index contributed by atoms with van der Waals surface area (Å²) in [5.74, 6) is 0.644. The molecule has 1 aromatic heterocycles. The summed E-state index contributed by atoms with van der Waals surface area (Å²) in [5.41, 5.74) is 1.09. The van der Waals surface area contributed by atoms with Gasteiger partial charge in [0.05, 0.1) is 12.1 Å². The number of likely N-dealkylation sites (tertiary alicyclic amines) is 1. The number of benzene rings is 2. The van der Waals surface area contributed by atoms with Crippen LogP contribution in [0, 0.1) is 0 Å². The summed E-state index contributed by atoms with van der Waals surface area (Å²) in [5, 5.41) is 13.1. The number of hydrogen-bond donors (Lipinski definition) is 1. The van der Waals surface area contributed by atoms with Gasteiger partial charge < -0.3 is 14.7 Å². The first-order valence-corrected chi connectivity index (χ1v) is 10.8. The van der Waals surface area contributed by atoms with Crippen molar-refractivity contribution in [2.24, 2.45) is 0 Å². The minimum Gasteiger partial charge on any atom is -0.484 e. The maximum Gasteiger partial charge on any atom is 0.260 e. The minimum atomic E-state index is -0.275. The van der Waals surface area contributed by atoms with Crippen molar-refractivity contribution in [3.8, 4) is 5.75 Å². The van der Waals surface area contributed by atoms with Crippen LogP contribution in [0.3, 0.4) is 0 Å². The van der Waals surface area contributed by atoms with E-state index in [4.69, 9.17) is 4.74 Å². The van der Waals surface area contributed by atoms with E-state index >= 15 is 0 Å². The predicted molar refractivity (Wildman–Crippen MR) is 116 cm³/mol. The van der Waals surface area contributed by atoms with Crippen LogP contribution in [-0.4, -0.2) is 60.2 Å². The Morgan fingerprint density at radius 3 is 2.86 bits per heavy atom. The van der Waals surface area contributed by atoms with Crippen LogP contribution >= 0.6 is 11.3 Å². The maximum atomic E-state index is 12.9. The first-order chi connectivity index (χ1) is 14.1. The zero-order valence-electron chi connectivity index (χ0n) is 16.5. The molecule has 1 saturated heterocycles. The molecule has 2 aromatic carbocycles. The monoisotopic (exact) mass is 410 g/mol. The Kier molecular flexibility index (Phi) is 6.13. The van der Waals surface area contributed by atoms with E-state index < -0.39 is 0 Å². The van der Waals surface area contributed by atoms with E-state index in [-0.39, 0.29) is 24.7 Å². The molecule has 5 nitrogen and oxygen atoms in total. The second kappa shape index (κ2) is 8.95. The van der Waals surface area contributed by atoms with Gasteiger partial charge in [0.15, 0.2) is 6.61 Å². The van der Waals surface area contributed by atoms with E-state index in [1.165, 1.54) is 5.39 Å². The van der Waals surface area contributed by atoms with Crippen molar-refractivity contribution in [1.29, 1.82) is 0 Å². The summed E-state index contributed by atoms with van der Waals surface area (Å²) in [6.07, 6.45) is 0.510. The number of carbonyl (C=O) groups is 1. The Labute approximate surface area is 175 Å². The fourth-order valence-electron chi connectivity index (χ4n) is 3.79. The second-order valence-electron chi connectivity index (χ2n) is 7.54. The van der Waals surface area contributed by atoms with Gasteiger partial charge in [-0.1, -0.05) is 30.3 Å². The van der Waals surface area contributed by atoms with Gasteiger partial charge in [0.2, 0.25) is 0 Å². The summed E-state index contributed by atoms with van der Waals surface area (Å²) >= 11 is 1.66. The number of aliphatic hydroxyl groups excluding tert-OH is 1. The fourth-order valence-corrected chi connectivity index (χ4v) is 4.61. The minimum absolute atomic E-state index is 0.000654. The Morgan fingerprint density at radius 1 is 1.28 bits per heavy atom. The van der Waals surface area contributed by atoms with E-state index in [0.717, 1.165) is 23.2 Å². The largest absolute Gasteiger partial charge is 0.484 e. The molecule has 1 aliphatic rings. The van der Waals surface area contributed by atoms with Crippen LogP contribution in [0.5, 0.6) is 5.75 Å². The van der Waals surface area contributed by atoms with Crippen molar-refractivity contribution in [3.05, 3.63) is 65.5 Å². The molecule has 1 aliphatic heterocycles. The summed E-state index contributed by atoms with van der Waals surface area (Å²) in [7, 11) is 1.83. The average molecular weight is 411 g/mol. The number of likely N-dealkylation sites (N-methyl/N-ethyl adjacent to an activating group) is 1. The molecule has 1 fully saturated rings. The first-order valence-electron chi connectivity index (χ1n) is 9.91. The maximum absolute atomic E-state index is 12.9. The molecule has 29 heavy (non-hydrogen) atoms. The number of fused-ring (bicyclic) bond motifs is 1. The number of aliphatic hydroxyl groups is 1. The number of thiophene rings is 1. The molecule has 0 radical (unpaired) electrons. The lowest BCUT2D eigenvalue weighted by atomic mass is 10.0. The van der Waals surface area contributed by atoms with E-state index in [0.29, 0.717) is 18.8 Å². The van der Waals surface area contributed by atoms with Crippen LogP contribution in [0.2, 0.25) is 0 Å². The molecule has 4 rings (SSSR count). The summed E-state index contributed by atoms with van der Waals surface area (Å²) < 4.78 is 6.95. The van der Waals surface area contributed by atoms with E-state index in [2.05, 4.69) is 11.0 Å². The number of rotatable bonds is 7. The highest BCUT2D eigenvalue weighted by Crippen LogP contribution is 2.26. The van der Waals surface area contributed by atoms with Gasteiger partial charge in [0, 0.05) is 31.4 Å². The third kappa shape index (κ3) is 4.78. The normalized spacial score (nSPS) is 18.1. The second-order valence-corrected chi connectivity index (χ2v) is 8.49. The number of β-amino-alcohol motifs (C(OH)–C–C–N with tert-alkyl or cyclic N) is 1. The fraction of sp³-hybridized carbons (Fsp3) is 0.348. The molecule has 2 heterocycles. The third-order valence-electron chi connectivity index (χ3n) is 5.51. The number of ether oxygens (including phenoxy) is 1. The SMILES string of the molecule is CN(C(=O)COc1ccc2ccsc2c1)[C@H](CN1CC[C@H](O)C1)c1ccccc1. The van der Waals surface area contributed by atoms with Gasteiger partial charge in [0.25, 0.3) is 5.91 Å². The topological polar surface area (TPSA) is 53.0 Å². The van der Waals surface area contributed by atoms with Crippen molar-refractivity contribution in [2.45, 2.75) is 18.6 Å². The predicted octanol–water partition coefficient (Wildman–Crippen LogP) is 3.55. The summed E-state index contributed by atoms with van der Waals surface area (Å²) in [4.78, 5) is 16.9. The highest BCUT2D eigenvalue weighted by atomic mass is 32.1. The molecule has 0 unspecified atom stereocenters. The zero-order valence-corrected chi connectivity index (χ0v) is 17.3. The molecule has 1 amide bonds. The molecule has 0 bridgehead atoms. The number of amides is 1. The number of hydrogen-bond acceptors (Lipinski definition) is 5.